The van der Waals surface area contributed by atoms with Gasteiger partial charge in [-0.05, 0) is 22.9 Å². The van der Waals surface area contributed by atoms with Crippen LogP contribution in [-0.2, 0) is 6.18 Å². The van der Waals surface area contributed by atoms with E-state index in [9.17, 15) is 13.2 Å². The summed E-state index contributed by atoms with van der Waals surface area (Å²) in [5.41, 5.74) is 0. The lowest BCUT2D eigenvalue weighted by Gasteiger charge is -1.99. The lowest BCUT2D eigenvalue weighted by atomic mass is 10.4. The van der Waals surface area contributed by atoms with Crippen LogP contribution in [0.5, 0.6) is 0 Å². The van der Waals surface area contributed by atoms with Crippen molar-refractivity contribution in [3.05, 3.63) is 14.5 Å². The molecule has 1 rings (SSSR count). The minimum atomic E-state index is -4.44. The van der Waals surface area contributed by atoms with Crippen LogP contribution in [-0.4, -0.2) is 10.1 Å². The van der Waals surface area contributed by atoms with Crippen molar-refractivity contribution in [2.24, 2.45) is 0 Å². The number of rotatable bonds is 1. The number of thiazole rings is 1. The second-order valence-electron chi connectivity index (χ2n) is 2.35. The monoisotopic (exact) mass is 275 g/mol. The average Bonchev–Trinajstić information content (AvgIpc) is 2.29. The molecule has 1 aromatic rings. The van der Waals surface area contributed by atoms with Gasteiger partial charge in [0.2, 0.25) is 0 Å². The van der Waals surface area contributed by atoms with Gasteiger partial charge in [-0.1, -0.05) is 0 Å². The second-order valence-corrected chi connectivity index (χ2v) is 4.13. The molecule has 0 aliphatic carbocycles. The van der Waals surface area contributed by atoms with Gasteiger partial charge in [0.1, 0.15) is 4.60 Å². The summed E-state index contributed by atoms with van der Waals surface area (Å²) in [5, 5.41) is 8.11. The first-order valence-electron chi connectivity index (χ1n) is 3.24. The van der Waals surface area contributed by atoms with Gasteiger partial charge in [-0.3, -0.25) is 0 Å². The van der Waals surface area contributed by atoms with Crippen LogP contribution in [0.15, 0.2) is 4.60 Å². The molecule has 0 saturated heterocycles. The summed E-state index contributed by atoms with van der Waals surface area (Å²) in [6.07, 6.45) is -5.39. The summed E-state index contributed by atoms with van der Waals surface area (Å²) in [5.74, 6) is 0. The molecule has 74 valence electrons. The zero-order valence-corrected chi connectivity index (χ0v) is 8.79. The van der Waals surface area contributed by atoms with E-state index in [4.69, 9.17) is 5.11 Å². The molecule has 0 aromatic carbocycles. The largest absolute Gasteiger partial charge is 0.443 e. The topological polar surface area (TPSA) is 33.1 Å². The van der Waals surface area contributed by atoms with Crippen molar-refractivity contribution in [3.63, 3.8) is 0 Å². The van der Waals surface area contributed by atoms with Crippen LogP contribution in [0.1, 0.15) is 22.9 Å². The van der Waals surface area contributed by atoms with Crippen LogP contribution < -0.4 is 0 Å². The first kappa shape index (κ1) is 10.9. The van der Waals surface area contributed by atoms with Crippen LogP contribution in [0.2, 0.25) is 0 Å². The Kier molecular flexibility index (Phi) is 2.98. The van der Waals surface area contributed by atoms with Crippen LogP contribution in [0.25, 0.3) is 0 Å². The zero-order chi connectivity index (χ0) is 10.2. The van der Waals surface area contributed by atoms with Crippen molar-refractivity contribution < 1.29 is 18.3 Å². The second kappa shape index (κ2) is 3.55. The number of alkyl halides is 3. The Labute approximate surface area is 84.5 Å². The maximum atomic E-state index is 12.1. The molecular weight excluding hydrogens is 271 g/mol. The summed E-state index contributed by atoms with van der Waals surface area (Å²) in [4.78, 5) is 3.44. The quantitative estimate of drug-likeness (QED) is 0.855. The van der Waals surface area contributed by atoms with Gasteiger partial charge in [-0.25, -0.2) is 4.98 Å². The number of aliphatic hydroxyl groups is 1. The van der Waals surface area contributed by atoms with E-state index in [-0.39, 0.29) is 9.48 Å². The Morgan fingerprint density at radius 3 is 2.31 bits per heavy atom. The minimum absolute atomic E-state index is 0.0554. The maximum Gasteiger partial charge on any atom is 0.443 e. The highest BCUT2D eigenvalue weighted by atomic mass is 79.9. The molecule has 0 saturated carbocycles. The van der Waals surface area contributed by atoms with Crippen LogP contribution in [0, 0.1) is 0 Å². The highest BCUT2D eigenvalue weighted by molar-refractivity contribution is 9.10. The number of hydrogen-bond acceptors (Lipinski definition) is 3. The third-order valence-corrected chi connectivity index (χ3v) is 3.37. The summed E-state index contributed by atoms with van der Waals surface area (Å²) in [6, 6.07) is 0. The van der Waals surface area contributed by atoms with E-state index < -0.39 is 17.3 Å². The molecule has 0 amide bonds. The molecular formula is C6H5BrF3NOS. The fourth-order valence-electron chi connectivity index (χ4n) is 0.692. The van der Waals surface area contributed by atoms with Crippen molar-refractivity contribution >= 4 is 27.3 Å². The Balaban J connectivity index is 3.10. The van der Waals surface area contributed by atoms with E-state index in [1.54, 1.807) is 0 Å². The molecule has 0 spiro atoms. The molecule has 0 aliphatic heterocycles. The lowest BCUT2D eigenvalue weighted by molar-refractivity contribution is -0.137. The van der Waals surface area contributed by atoms with E-state index >= 15 is 0 Å². The number of halogens is 4. The van der Waals surface area contributed by atoms with Gasteiger partial charge in [-0.15, -0.1) is 11.3 Å². The van der Waals surface area contributed by atoms with Crippen molar-refractivity contribution in [1.29, 1.82) is 0 Å². The molecule has 0 bridgehead atoms. The summed E-state index contributed by atoms with van der Waals surface area (Å²) in [6.45, 7) is 1.39. The number of nitrogens with zero attached hydrogens (tertiary/aromatic N) is 1. The summed E-state index contributed by atoms with van der Waals surface area (Å²) in [7, 11) is 0. The molecule has 1 aromatic heterocycles. The standard InChI is InChI=1S/C6H5BrF3NOS/c1-2(12)3-4(7)11-5(13-3)6(8,9)10/h2,12H,1H3. The first-order valence-corrected chi connectivity index (χ1v) is 4.85. The van der Waals surface area contributed by atoms with E-state index in [2.05, 4.69) is 20.9 Å². The first-order chi connectivity index (χ1) is 5.82. The van der Waals surface area contributed by atoms with Gasteiger partial charge >= 0.3 is 6.18 Å². The highest BCUT2D eigenvalue weighted by Gasteiger charge is 2.36. The maximum absolute atomic E-state index is 12.1. The van der Waals surface area contributed by atoms with Crippen LogP contribution in [0.4, 0.5) is 13.2 Å². The number of aliphatic hydroxyl groups excluding tert-OH is 1. The minimum Gasteiger partial charge on any atom is -0.388 e. The van der Waals surface area contributed by atoms with Gasteiger partial charge < -0.3 is 5.11 Å². The summed E-state index contributed by atoms with van der Waals surface area (Å²) < 4.78 is 36.3. The number of hydrogen-bond donors (Lipinski definition) is 1. The fourth-order valence-corrected chi connectivity index (χ4v) is 2.32. The Morgan fingerprint density at radius 1 is 1.54 bits per heavy atom. The van der Waals surface area contributed by atoms with Crippen LogP contribution >= 0.6 is 27.3 Å². The molecule has 0 aliphatic rings. The molecule has 0 fully saturated rings. The molecule has 1 heterocycles. The predicted molar refractivity (Wildman–Crippen MR) is 45.4 cm³/mol. The molecule has 2 nitrogen and oxygen atoms in total. The van der Waals surface area contributed by atoms with Gasteiger partial charge in [0.25, 0.3) is 0 Å². The van der Waals surface area contributed by atoms with Crippen molar-refractivity contribution in [1.82, 2.24) is 4.98 Å². The molecule has 1 unspecified atom stereocenters. The van der Waals surface area contributed by atoms with Gasteiger partial charge in [-0.2, -0.15) is 13.2 Å². The lowest BCUT2D eigenvalue weighted by Crippen LogP contribution is -2.03. The molecule has 7 heteroatoms. The third kappa shape index (κ3) is 2.41. The third-order valence-electron chi connectivity index (χ3n) is 1.23. The Bertz CT molecular complexity index is 309. The van der Waals surface area contributed by atoms with Crippen molar-refractivity contribution in [2.75, 3.05) is 0 Å². The van der Waals surface area contributed by atoms with E-state index in [1.165, 1.54) is 6.92 Å². The molecule has 1 atom stereocenters. The zero-order valence-electron chi connectivity index (χ0n) is 6.39. The fraction of sp³-hybridized carbons (Fsp3) is 0.500. The molecule has 13 heavy (non-hydrogen) atoms. The average molecular weight is 276 g/mol. The van der Waals surface area contributed by atoms with E-state index in [1.807, 2.05) is 0 Å². The highest BCUT2D eigenvalue weighted by Crippen LogP contribution is 2.38. The van der Waals surface area contributed by atoms with Gasteiger partial charge in [0.15, 0.2) is 5.01 Å². The SMILES string of the molecule is CC(O)c1sc(C(F)(F)F)nc1Br. The predicted octanol–water partition coefficient (Wildman–Crippen LogP) is 2.98. The van der Waals surface area contributed by atoms with Gasteiger partial charge in [0.05, 0.1) is 11.0 Å². The smallest absolute Gasteiger partial charge is 0.388 e. The van der Waals surface area contributed by atoms with E-state index in [0.717, 1.165) is 0 Å². The molecule has 1 N–H and O–H groups in total. The Morgan fingerprint density at radius 2 is 2.08 bits per heavy atom. The Hall–Kier alpha value is -0.140. The number of aromatic nitrogens is 1. The van der Waals surface area contributed by atoms with Crippen molar-refractivity contribution in [3.8, 4) is 0 Å². The van der Waals surface area contributed by atoms with E-state index in [0.29, 0.717) is 11.3 Å². The normalized spacial score (nSPS) is 14.6. The van der Waals surface area contributed by atoms with Gasteiger partial charge in [0, 0.05) is 0 Å². The van der Waals surface area contributed by atoms with Crippen molar-refractivity contribution in [2.45, 2.75) is 19.2 Å². The van der Waals surface area contributed by atoms with Crippen LogP contribution in [0.3, 0.4) is 0 Å². The molecule has 0 radical (unpaired) electrons. The summed E-state index contributed by atoms with van der Waals surface area (Å²) >= 11 is 3.29.